The summed E-state index contributed by atoms with van der Waals surface area (Å²) in [5.74, 6) is -0.512. The van der Waals surface area contributed by atoms with E-state index in [1.165, 1.54) is 4.90 Å². The fourth-order valence-electron chi connectivity index (χ4n) is 1.81. The van der Waals surface area contributed by atoms with Gasteiger partial charge in [0.1, 0.15) is 0 Å². The van der Waals surface area contributed by atoms with E-state index in [0.717, 1.165) is 0 Å². The van der Waals surface area contributed by atoms with Gasteiger partial charge in [-0.1, -0.05) is 29.8 Å². The summed E-state index contributed by atoms with van der Waals surface area (Å²) in [5.41, 5.74) is 5.93. The summed E-state index contributed by atoms with van der Waals surface area (Å²) < 4.78 is 24.1. The normalized spacial score (nSPS) is 11.4. The number of carbonyl (C=O) groups excluding carboxylic acids is 1. The van der Waals surface area contributed by atoms with E-state index in [-0.39, 0.29) is 23.8 Å². The van der Waals surface area contributed by atoms with Gasteiger partial charge in [0.25, 0.3) is 0 Å². The number of benzene rings is 1. The summed E-state index contributed by atoms with van der Waals surface area (Å²) in [6.07, 6.45) is 0.683. The maximum Gasteiger partial charge on any atom is 0.223 e. The third-order valence-electron chi connectivity index (χ3n) is 3.08. The second-order valence-electron chi connectivity index (χ2n) is 4.89. The molecule has 0 aliphatic rings. The Morgan fingerprint density at radius 2 is 2.00 bits per heavy atom. The van der Waals surface area contributed by atoms with Crippen LogP contribution in [0.15, 0.2) is 24.3 Å². The number of hydrogen-bond acceptors (Lipinski definition) is 4. The molecule has 21 heavy (non-hydrogen) atoms. The predicted octanol–water partition coefficient (Wildman–Crippen LogP) is 1.45. The van der Waals surface area contributed by atoms with E-state index in [4.69, 9.17) is 17.3 Å². The molecule has 2 N–H and O–H groups in total. The van der Waals surface area contributed by atoms with Gasteiger partial charge in [-0.2, -0.15) is 0 Å². The fraction of sp³-hybridized carbons (Fsp3) is 0.500. The third kappa shape index (κ3) is 6.46. The van der Waals surface area contributed by atoms with Crippen molar-refractivity contribution >= 4 is 27.3 Å². The molecule has 118 valence electrons. The van der Waals surface area contributed by atoms with E-state index in [1.54, 1.807) is 31.3 Å². The van der Waals surface area contributed by atoms with E-state index < -0.39 is 9.84 Å². The van der Waals surface area contributed by atoms with Crippen LogP contribution in [0.25, 0.3) is 0 Å². The van der Waals surface area contributed by atoms with Crippen molar-refractivity contribution in [3.8, 4) is 0 Å². The molecule has 0 aliphatic carbocycles. The summed E-state index contributed by atoms with van der Waals surface area (Å²) >= 11 is 5.95. The number of nitrogens with zero attached hydrogens (tertiary/aromatic N) is 1. The van der Waals surface area contributed by atoms with Crippen LogP contribution in [-0.2, 0) is 20.4 Å². The Balaban J connectivity index is 2.54. The van der Waals surface area contributed by atoms with E-state index in [2.05, 4.69) is 0 Å². The summed E-state index contributed by atoms with van der Waals surface area (Å²) in [7, 11) is -1.71. The maximum atomic E-state index is 12.0. The molecular weight excluding hydrogens is 312 g/mol. The first kappa shape index (κ1) is 17.9. The second-order valence-corrected chi connectivity index (χ2v) is 7.48. The number of carbonyl (C=O) groups is 1. The molecule has 0 radical (unpaired) electrons. The van der Waals surface area contributed by atoms with E-state index >= 15 is 0 Å². The molecule has 0 heterocycles. The molecule has 0 aliphatic heterocycles. The van der Waals surface area contributed by atoms with Crippen molar-refractivity contribution in [1.29, 1.82) is 0 Å². The molecule has 1 aromatic rings. The highest BCUT2D eigenvalue weighted by Gasteiger charge is 2.17. The zero-order valence-electron chi connectivity index (χ0n) is 12.1. The molecule has 1 aromatic carbocycles. The van der Waals surface area contributed by atoms with Crippen molar-refractivity contribution in [2.24, 2.45) is 5.73 Å². The van der Waals surface area contributed by atoms with Crippen LogP contribution in [0.1, 0.15) is 18.4 Å². The lowest BCUT2D eigenvalue weighted by Gasteiger charge is -2.16. The first-order chi connectivity index (χ1) is 9.85. The van der Waals surface area contributed by atoms with Crippen molar-refractivity contribution < 1.29 is 13.2 Å². The smallest absolute Gasteiger partial charge is 0.223 e. The Kier molecular flexibility index (Phi) is 7.14. The second kappa shape index (κ2) is 8.36. The number of rotatable bonds is 8. The van der Waals surface area contributed by atoms with Crippen molar-refractivity contribution in [2.45, 2.75) is 18.6 Å². The lowest BCUT2D eigenvalue weighted by atomic mass is 10.2. The molecule has 1 amide bonds. The van der Waals surface area contributed by atoms with Crippen LogP contribution >= 0.6 is 11.6 Å². The van der Waals surface area contributed by atoms with Crippen LogP contribution in [0.4, 0.5) is 0 Å². The van der Waals surface area contributed by atoms with Gasteiger partial charge in [0.05, 0.1) is 11.5 Å². The summed E-state index contributed by atoms with van der Waals surface area (Å²) in [6, 6.07) is 6.81. The van der Waals surface area contributed by atoms with Gasteiger partial charge in [-0.3, -0.25) is 4.79 Å². The Bertz CT molecular complexity index is 575. The molecule has 0 unspecified atom stereocenters. The Labute approximate surface area is 131 Å². The standard InChI is InChI=1S/C14H21ClN2O3S/c1-17(9-4-8-16)14(18)7-10-21(19,20)11-12-5-2-3-6-13(12)15/h2-3,5-6H,4,7-11,16H2,1H3. The number of sulfone groups is 1. The van der Waals surface area contributed by atoms with E-state index in [9.17, 15) is 13.2 Å². The molecule has 0 spiro atoms. The van der Waals surface area contributed by atoms with Gasteiger partial charge >= 0.3 is 0 Å². The topological polar surface area (TPSA) is 80.5 Å². The van der Waals surface area contributed by atoms with Crippen LogP contribution in [-0.4, -0.2) is 45.1 Å². The molecular formula is C14H21ClN2O3S. The number of amides is 1. The highest BCUT2D eigenvalue weighted by Crippen LogP contribution is 2.18. The van der Waals surface area contributed by atoms with Crippen molar-refractivity contribution in [2.75, 3.05) is 25.9 Å². The Morgan fingerprint density at radius 3 is 2.62 bits per heavy atom. The molecule has 1 rings (SSSR count). The highest BCUT2D eigenvalue weighted by molar-refractivity contribution is 7.90. The SMILES string of the molecule is CN(CCCN)C(=O)CCS(=O)(=O)Cc1ccccc1Cl. The Hall–Kier alpha value is -1.11. The number of hydrogen-bond donors (Lipinski definition) is 1. The monoisotopic (exact) mass is 332 g/mol. The zero-order valence-corrected chi connectivity index (χ0v) is 13.7. The van der Waals surface area contributed by atoms with Crippen molar-refractivity contribution in [1.82, 2.24) is 4.90 Å². The summed E-state index contributed by atoms with van der Waals surface area (Å²) in [5, 5.41) is 0.424. The van der Waals surface area contributed by atoms with Crippen LogP contribution in [0.3, 0.4) is 0 Å². The molecule has 5 nitrogen and oxygen atoms in total. The van der Waals surface area contributed by atoms with Gasteiger partial charge in [0.15, 0.2) is 9.84 Å². The highest BCUT2D eigenvalue weighted by atomic mass is 35.5. The molecule has 0 bridgehead atoms. The molecule has 0 saturated carbocycles. The maximum absolute atomic E-state index is 12.0. The van der Waals surface area contributed by atoms with Gasteiger partial charge in [-0.15, -0.1) is 0 Å². The lowest BCUT2D eigenvalue weighted by molar-refractivity contribution is -0.129. The van der Waals surface area contributed by atoms with Gasteiger partial charge in [-0.25, -0.2) is 8.42 Å². The van der Waals surface area contributed by atoms with Gasteiger partial charge in [0, 0.05) is 25.0 Å². The largest absolute Gasteiger partial charge is 0.346 e. The Morgan fingerprint density at radius 1 is 1.33 bits per heavy atom. The molecule has 0 fully saturated rings. The molecule has 0 saturated heterocycles. The predicted molar refractivity (Wildman–Crippen MR) is 84.9 cm³/mol. The van der Waals surface area contributed by atoms with E-state index in [1.807, 2.05) is 0 Å². The van der Waals surface area contributed by atoms with Crippen LogP contribution in [0.2, 0.25) is 5.02 Å². The number of nitrogens with two attached hydrogens (primary N) is 1. The quantitative estimate of drug-likeness (QED) is 0.781. The summed E-state index contributed by atoms with van der Waals surface area (Å²) in [4.78, 5) is 13.3. The first-order valence-electron chi connectivity index (χ1n) is 6.73. The third-order valence-corrected chi connectivity index (χ3v) is 5.03. The van der Waals surface area contributed by atoms with Crippen LogP contribution < -0.4 is 5.73 Å². The minimum atomic E-state index is -3.36. The first-order valence-corrected chi connectivity index (χ1v) is 8.93. The van der Waals surface area contributed by atoms with Gasteiger partial charge in [0.2, 0.25) is 5.91 Å². The fourth-order valence-corrected chi connectivity index (χ4v) is 3.45. The molecule has 0 aromatic heterocycles. The van der Waals surface area contributed by atoms with E-state index in [0.29, 0.717) is 30.1 Å². The molecule has 7 heteroatoms. The van der Waals surface area contributed by atoms with Gasteiger partial charge in [-0.05, 0) is 24.6 Å². The van der Waals surface area contributed by atoms with Crippen LogP contribution in [0.5, 0.6) is 0 Å². The minimum absolute atomic E-state index is 0.0200. The average molecular weight is 333 g/mol. The minimum Gasteiger partial charge on any atom is -0.346 e. The lowest BCUT2D eigenvalue weighted by Crippen LogP contribution is -2.30. The van der Waals surface area contributed by atoms with Crippen molar-refractivity contribution in [3.05, 3.63) is 34.9 Å². The van der Waals surface area contributed by atoms with Crippen molar-refractivity contribution in [3.63, 3.8) is 0 Å². The summed E-state index contributed by atoms with van der Waals surface area (Å²) in [6.45, 7) is 1.04. The number of halogens is 1. The zero-order chi connectivity index (χ0) is 15.9. The molecule has 0 atom stereocenters. The van der Waals surface area contributed by atoms with Crippen LogP contribution in [0, 0.1) is 0 Å². The van der Waals surface area contributed by atoms with Gasteiger partial charge < -0.3 is 10.6 Å². The average Bonchev–Trinajstić information content (AvgIpc) is 2.44.